The molecule has 0 aliphatic heterocycles. The van der Waals surface area contributed by atoms with Crippen molar-refractivity contribution in [2.24, 2.45) is 0 Å². The molecule has 0 unspecified atom stereocenters. The van der Waals surface area contributed by atoms with E-state index in [-0.39, 0.29) is 21.7 Å². The molecule has 9 aromatic carbocycles. The van der Waals surface area contributed by atoms with Crippen LogP contribution >= 0.6 is 0 Å². The second-order valence-corrected chi connectivity index (χ2v) is 25.8. The Balaban J connectivity index is 1.22. The summed E-state index contributed by atoms with van der Waals surface area (Å²) in [5.74, 6) is 1.81. The fourth-order valence-corrected chi connectivity index (χ4v) is 11.3. The van der Waals surface area contributed by atoms with Crippen LogP contribution in [0.25, 0.3) is 116 Å². The summed E-state index contributed by atoms with van der Waals surface area (Å²) in [4.78, 5) is 20.7. The van der Waals surface area contributed by atoms with Gasteiger partial charge in [-0.05, 0) is 133 Å². The molecule has 12 aromatic rings. The largest absolute Gasteiger partial charge is 0.309 e. The highest BCUT2D eigenvalue weighted by atomic mass is 15.1. The predicted molar refractivity (Wildman–Crippen MR) is 337 cm³/mol. The van der Waals surface area contributed by atoms with E-state index in [2.05, 4.69) is 279 Å². The number of rotatable bonds is 7. The molecule has 0 aliphatic rings. The summed E-state index contributed by atoms with van der Waals surface area (Å²) in [5.41, 5.74) is 18.2. The van der Waals surface area contributed by atoms with Crippen molar-refractivity contribution in [3.8, 4) is 67.8 Å². The van der Waals surface area contributed by atoms with Gasteiger partial charge in [0.1, 0.15) is 0 Å². The molecule has 0 bridgehead atoms. The van der Waals surface area contributed by atoms with Crippen LogP contribution in [-0.2, 0) is 21.7 Å². The molecule has 0 saturated carbocycles. The minimum Gasteiger partial charge on any atom is -0.309 e. The van der Waals surface area contributed by atoms with Crippen LogP contribution in [0.3, 0.4) is 0 Å². The number of fused-ring (bicyclic) bond motifs is 6. The average Bonchev–Trinajstić information content (AvgIpc) is 3.80. The average molecular weight is 1040 g/mol. The Morgan fingerprint density at radius 3 is 1.01 bits per heavy atom. The van der Waals surface area contributed by atoms with Gasteiger partial charge >= 0.3 is 0 Å². The highest BCUT2D eigenvalue weighted by Gasteiger charge is 2.27. The minimum atomic E-state index is -0.142. The van der Waals surface area contributed by atoms with Crippen LogP contribution < -0.4 is 0 Å². The zero-order chi connectivity index (χ0) is 56.0. The molecule has 6 heteroatoms. The van der Waals surface area contributed by atoms with E-state index in [0.717, 1.165) is 72.4 Å². The van der Waals surface area contributed by atoms with Gasteiger partial charge in [-0.25, -0.2) is 19.8 Å². The summed E-state index contributed by atoms with van der Waals surface area (Å²) in [7, 11) is 0. The number of hydrogen-bond acceptors (Lipinski definition) is 3. The van der Waals surface area contributed by atoms with Crippen LogP contribution in [0.15, 0.2) is 194 Å². The molecule has 0 N–H and O–H groups in total. The van der Waals surface area contributed by atoms with Gasteiger partial charge in [0.25, 0.3) is 0 Å². The predicted octanol–water partition coefficient (Wildman–Crippen LogP) is 20.1. The van der Waals surface area contributed by atoms with Gasteiger partial charge < -0.3 is 9.13 Å². The molecule has 3 aromatic heterocycles. The first-order valence-corrected chi connectivity index (χ1v) is 28.0. The topological polar surface area (TPSA) is 52.9 Å². The smallest absolute Gasteiger partial charge is 0.187 e. The molecule has 80 heavy (non-hydrogen) atoms. The van der Waals surface area contributed by atoms with Crippen molar-refractivity contribution >= 4 is 49.3 Å². The van der Waals surface area contributed by atoms with Crippen molar-refractivity contribution in [2.75, 3.05) is 0 Å². The number of benzene rings is 9. The monoisotopic (exact) mass is 1040 g/mol. The first-order valence-electron chi connectivity index (χ1n) is 28.0. The van der Waals surface area contributed by atoms with Crippen molar-refractivity contribution in [2.45, 2.75) is 105 Å². The Hall–Kier alpha value is -8.92. The van der Waals surface area contributed by atoms with Crippen LogP contribution in [-0.4, -0.2) is 24.1 Å². The van der Waals surface area contributed by atoms with Crippen molar-refractivity contribution < 1.29 is 0 Å². The molecular weight excluding hydrogens is 973 g/mol. The summed E-state index contributed by atoms with van der Waals surface area (Å²) >= 11 is 0. The highest BCUT2D eigenvalue weighted by molar-refractivity contribution is 6.11. The lowest BCUT2D eigenvalue weighted by atomic mass is 9.79. The summed E-state index contributed by atoms with van der Waals surface area (Å²) < 4.78 is 4.81. The third kappa shape index (κ3) is 9.35. The SMILES string of the molecule is [C-]#[N+]c1ccc(-c2ccc(-n3c4ccccc4c4ccccc43)c(-c3ccc(-n4c5ccccc5c5ccccc54)c(-c4nc(-c5cc(C(C)(C)C)cc(C(C)(C)C)c5)nc(-c5cc(C(C)(C)C)cc(C(C)(C)C)c5)n4)c3)c2)cc1. The Bertz CT molecular complexity index is 4190. The van der Waals surface area contributed by atoms with Crippen LogP contribution in [0.4, 0.5) is 5.69 Å². The Morgan fingerprint density at radius 1 is 0.312 bits per heavy atom. The maximum atomic E-state index is 7.72. The molecule has 0 aliphatic carbocycles. The van der Waals surface area contributed by atoms with Gasteiger partial charge in [0.05, 0.1) is 40.0 Å². The van der Waals surface area contributed by atoms with Crippen LogP contribution in [0.1, 0.15) is 105 Å². The van der Waals surface area contributed by atoms with Gasteiger partial charge in [-0.2, -0.15) is 0 Å². The highest BCUT2D eigenvalue weighted by Crippen LogP contribution is 2.44. The molecule has 0 spiro atoms. The van der Waals surface area contributed by atoms with Crippen molar-refractivity contribution in [3.05, 3.63) is 228 Å². The number of para-hydroxylation sites is 4. The van der Waals surface area contributed by atoms with E-state index >= 15 is 0 Å². The van der Waals surface area contributed by atoms with Gasteiger partial charge in [0.2, 0.25) is 0 Å². The third-order valence-corrected chi connectivity index (χ3v) is 16.0. The summed E-state index contributed by atoms with van der Waals surface area (Å²) in [6.07, 6.45) is 0. The van der Waals surface area contributed by atoms with E-state index in [1.165, 1.54) is 43.8 Å². The summed E-state index contributed by atoms with van der Waals surface area (Å²) in [6.45, 7) is 35.1. The second-order valence-electron chi connectivity index (χ2n) is 25.8. The molecule has 6 nitrogen and oxygen atoms in total. The van der Waals surface area contributed by atoms with E-state index in [0.29, 0.717) is 23.2 Å². The Labute approximate surface area is 471 Å². The van der Waals surface area contributed by atoms with E-state index in [1.54, 1.807) is 0 Å². The maximum Gasteiger partial charge on any atom is 0.187 e. The fraction of sp³-hybridized carbons (Fsp3) is 0.216. The molecule has 0 radical (unpaired) electrons. The zero-order valence-electron chi connectivity index (χ0n) is 48.2. The molecule has 0 atom stereocenters. The standard InChI is InChI=1S/C74H68N6/c1-71(2,3)51-38-49(39-52(44-51)72(4,5)6)68-76-69(50-40-53(73(7,8)9)45-54(41-50)74(10,11)12)78-70(77-68)61-43-48(33-37-67(61)80-64-28-20-16-24-58(64)59-25-17-21-29-65(59)80)60-42-47(46-30-34-55(75-13)35-31-46)32-36-66(60)79-62-26-18-14-22-56(62)57-23-15-19-27-63(57)79/h14-45H,1-12H3. The summed E-state index contributed by atoms with van der Waals surface area (Å²) in [5, 5.41) is 4.72. The summed E-state index contributed by atoms with van der Waals surface area (Å²) in [6, 6.07) is 70.2. The van der Waals surface area contributed by atoms with Crippen molar-refractivity contribution in [3.63, 3.8) is 0 Å². The number of hydrogen-bond donors (Lipinski definition) is 0. The lowest BCUT2D eigenvalue weighted by Crippen LogP contribution is -2.17. The molecule has 0 amide bonds. The van der Waals surface area contributed by atoms with Gasteiger partial charge in [-0.1, -0.05) is 204 Å². The molecule has 0 saturated heterocycles. The van der Waals surface area contributed by atoms with Gasteiger partial charge in [0.15, 0.2) is 23.2 Å². The molecular formula is C74H68N6. The minimum absolute atomic E-state index is 0.142. The maximum absolute atomic E-state index is 7.72. The Morgan fingerprint density at radius 2 is 0.637 bits per heavy atom. The van der Waals surface area contributed by atoms with E-state index < -0.39 is 0 Å². The lowest BCUT2D eigenvalue weighted by molar-refractivity contribution is 0.568. The first-order chi connectivity index (χ1) is 38.1. The van der Waals surface area contributed by atoms with Gasteiger partial charge in [-0.3, -0.25) is 0 Å². The van der Waals surface area contributed by atoms with E-state index in [9.17, 15) is 0 Å². The Kier molecular flexibility index (Phi) is 12.4. The van der Waals surface area contributed by atoms with Crippen LogP contribution in [0.2, 0.25) is 0 Å². The second kappa shape index (κ2) is 19.2. The van der Waals surface area contributed by atoms with Gasteiger partial charge in [0, 0.05) is 43.8 Å². The van der Waals surface area contributed by atoms with Crippen LogP contribution in [0.5, 0.6) is 0 Å². The molecule has 394 valence electrons. The van der Waals surface area contributed by atoms with Crippen LogP contribution in [0, 0.1) is 6.57 Å². The molecule has 12 rings (SSSR count). The first kappa shape index (κ1) is 51.8. The fourth-order valence-electron chi connectivity index (χ4n) is 11.3. The van der Waals surface area contributed by atoms with Crippen molar-refractivity contribution in [1.82, 2.24) is 24.1 Å². The third-order valence-electron chi connectivity index (χ3n) is 16.0. The lowest BCUT2D eigenvalue weighted by Gasteiger charge is -2.26. The van der Waals surface area contributed by atoms with E-state index in [1.807, 2.05) is 12.1 Å². The zero-order valence-corrected chi connectivity index (χ0v) is 48.2. The molecule has 0 fully saturated rings. The number of aromatic nitrogens is 5. The number of nitrogens with zero attached hydrogens (tertiary/aromatic N) is 6. The quantitative estimate of drug-likeness (QED) is 0.150. The molecule has 3 heterocycles. The normalized spacial score (nSPS) is 12.5. The van der Waals surface area contributed by atoms with E-state index in [4.69, 9.17) is 21.5 Å². The van der Waals surface area contributed by atoms with Gasteiger partial charge in [-0.15, -0.1) is 0 Å². The van der Waals surface area contributed by atoms with Crippen molar-refractivity contribution in [1.29, 1.82) is 0 Å².